The molecule has 0 aliphatic carbocycles. The maximum atomic E-state index is 12.8. The average molecular weight is 498 g/mol. The minimum Gasteiger partial charge on any atom is -0.491 e. The van der Waals surface area contributed by atoms with E-state index < -0.39 is 16.3 Å². The van der Waals surface area contributed by atoms with E-state index in [-0.39, 0.29) is 11.0 Å². The molecule has 1 N–H and O–H groups in total. The van der Waals surface area contributed by atoms with E-state index >= 15 is 0 Å². The number of benzene rings is 1. The molecule has 0 saturated heterocycles. The number of pyridine rings is 1. The van der Waals surface area contributed by atoms with Crippen LogP contribution in [0, 0.1) is 11.3 Å². The molecule has 8 heteroatoms. The van der Waals surface area contributed by atoms with E-state index in [4.69, 9.17) is 9.84 Å². The number of thioether (sulfide) groups is 1. The molecule has 4 rings (SSSR count). The van der Waals surface area contributed by atoms with E-state index in [0.717, 1.165) is 41.6 Å². The number of carboxylic acids is 1. The number of carboxylic acid groups (broad SMARTS) is 1. The van der Waals surface area contributed by atoms with Gasteiger partial charge in [0, 0.05) is 17.6 Å². The molecule has 188 valence electrons. The number of hydrogen-bond donors (Lipinski definition) is 1. The summed E-state index contributed by atoms with van der Waals surface area (Å²) >= 11 is 1.64. The zero-order valence-electron chi connectivity index (χ0n) is 21.4. The van der Waals surface area contributed by atoms with Gasteiger partial charge in [-0.1, -0.05) is 53.2 Å². The lowest BCUT2D eigenvalue weighted by Crippen LogP contribution is -2.49. The van der Waals surface area contributed by atoms with E-state index in [0.29, 0.717) is 24.8 Å². The van der Waals surface area contributed by atoms with Crippen LogP contribution in [-0.2, 0) is 11.4 Å². The molecule has 1 aliphatic rings. The highest BCUT2D eigenvalue weighted by Crippen LogP contribution is 2.52. The minimum absolute atomic E-state index is 0.223. The van der Waals surface area contributed by atoms with E-state index in [9.17, 15) is 14.7 Å². The van der Waals surface area contributed by atoms with Crippen LogP contribution < -0.4 is 10.2 Å². The zero-order valence-corrected chi connectivity index (χ0v) is 22.2. The Hall–Kier alpha value is -2.74. The average Bonchev–Trinajstić information content (AvgIpc) is 3.18. The molecule has 0 fully saturated rings. The summed E-state index contributed by atoms with van der Waals surface area (Å²) in [5.74, 6) is 0.193. The zero-order chi connectivity index (χ0) is 25.5. The Balaban J connectivity index is 1.88. The Bertz CT molecular complexity index is 1320. The van der Waals surface area contributed by atoms with E-state index in [2.05, 4.69) is 34.6 Å². The molecule has 35 heavy (non-hydrogen) atoms. The quantitative estimate of drug-likeness (QED) is 0.393. The minimum atomic E-state index is -1.22. The molecule has 0 spiro atoms. The van der Waals surface area contributed by atoms with Gasteiger partial charge in [-0.2, -0.15) is 5.10 Å². The van der Waals surface area contributed by atoms with Gasteiger partial charge in [0.2, 0.25) is 0 Å². The van der Waals surface area contributed by atoms with Gasteiger partial charge < -0.3 is 14.4 Å². The Morgan fingerprint density at radius 2 is 2.09 bits per heavy atom. The maximum Gasteiger partial charge on any atom is 0.341 e. The van der Waals surface area contributed by atoms with Crippen LogP contribution in [0.3, 0.4) is 0 Å². The predicted molar refractivity (Wildman–Crippen MR) is 142 cm³/mol. The van der Waals surface area contributed by atoms with Crippen LogP contribution in [0.25, 0.3) is 22.3 Å². The fraction of sp³-hybridized carbons (Fsp3) is 0.519. The SMILES string of the molecule is CCC(C)CCCOc1cccc2c3n(nc12)CC(SC)(C(C)(C)C)n1cc(C(=O)O)c(=O)cc1-3. The largest absolute Gasteiger partial charge is 0.491 e. The van der Waals surface area contributed by atoms with Gasteiger partial charge in [0.15, 0.2) is 5.43 Å². The third kappa shape index (κ3) is 4.26. The van der Waals surface area contributed by atoms with E-state index in [1.54, 1.807) is 11.8 Å². The number of rotatable bonds is 8. The van der Waals surface area contributed by atoms with E-state index in [1.165, 1.54) is 12.3 Å². The van der Waals surface area contributed by atoms with Crippen LogP contribution in [0.1, 0.15) is 64.2 Å². The van der Waals surface area contributed by atoms with Gasteiger partial charge in [-0.15, -0.1) is 11.8 Å². The first-order valence-electron chi connectivity index (χ1n) is 12.2. The topological polar surface area (TPSA) is 86.3 Å². The Morgan fingerprint density at radius 3 is 2.71 bits per heavy atom. The number of hydrogen-bond acceptors (Lipinski definition) is 5. The normalized spacial score (nSPS) is 18.2. The third-order valence-corrected chi connectivity index (χ3v) is 8.93. The predicted octanol–water partition coefficient (Wildman–Crippen LogP) is 5.84. The first kappa shape index (κ1) is 25.4. The van der Waals surface area contributed by atoms with Crippen molar-refractivity contribution in [1.29, 1.82) is 0 Å². The first-order valence-corrected chi connectivity index (χ1v) is 13.4. The first-order chi connectivity index (χ1) is 16.5. The van der Waals surface area contributed by atoms with Crippen molar-refractivity contribution in [2.45, 2.75) is 65.3 Å². The molecule has 0 saturated carbocycles. The number of aromatic carboxylic acids is 1. The summed E-state index contributed by atoms with van der Waals surface area (Å²) in [6, 6.07) is 7.33. The standard InChI is InChI=1S/C27H35N3O4S/c1-7-17(2)10-9-13-34-22-12-8-11-18-23(22)28-30-16-27(35-6,26(3,4)5)29-15-19(25(32)33)21(31)14-20(29)24(18)30/h8,11-12,14-15,17H,7,9-10,13,16H2,1-6H3,(H,32,33). The Morgan fingerprint density at radius 1 is 1.34 bits per heavy atom. The monoisotopic (exact) mass is 497 g/mol. The molecule has 0 radical (unpaired) electrons. The summed E-state index contributed by atoms with van der Waals surface area (Å²) in [4.78, 5) is 24.1. The summed E-state index contributed by atoms with van der Waals surface area (Å²) in [6.45, 7) is 12.0. The van der Waals surface area contributed by atoms with Crippen LogP contribution in [0.2, 0.25) is 0 Å². The fourth-order valence-electron chi connectivity index (χ4n) is 4.97. The van der Waals surface area contributed by atoms with Crippen LogP contribution in [-0.4, -0.2) is 38.3 Å². The van der Waals surface area contributed by atoms with Crippen molar-refractivity contribution in [2.24, 2.45) is 11.3 Å². The molecule has 0 bridgehead atoms. The molecular formula is C27H35N3O4S. The number of aromatic nitrogens is 3. The van der Waals surface area contributed by atoms with Crippen molar-refractivity contribution in [3.8, 4) is 17.1 Å². The lowest BCUT2D eigenvalue weighted by Gasteiger charge is -2.49. The van der Waals surface area contributed by atoms with Crippen molar-refractivity contribution in [2.75, 3.05) is 12.9 Å². The molecular weight excluding hydrogens is 462 g/mol. The van der Waals surface area contributed by atoms with Crippen molar-refractivity contribution in [3.63, 3.8) is 0 Å². The van der Waals surface area contributed by atoms with Crippen LogP contribution in [0.5, 0.6) is 5.75 Å². The summed E-state index contributed by atoms with van der Waals surface area (Å²) in [7, 11) is 0. The van der Waals surface area contributed by atoms with Crippen molar-refractivity contribution in [1.82, 2.24) is 14.3 Å². The molecule has 3 aromatic rings. The van der Waals surface area contributed by atoms with Crippen LogP contribution in [0.4, 0.5) is 0 Å². The highest BCUT2D eigenvalue weighted by molar-refractivity contribution is 7.99. The van der Waals surface area contributed by atoms with Gasteiger partial charge in [-0.05, 0) is 36.5 Å². The van der Waals surface area contributed by atoms with Crippen molar-refractivity contribution >= 4 is 28.6 Å². The van der Waals surface area contributed by atoms with Gasteiger partial charge in [0.1, 0.15) is 21.7 Å². The molecule has 7 nitrogen and oxygen atoms in total. The maximum absolute atomic E-state index is 12.8. The molecule has 1 aliphatic heterocycles. The molecule has 3 heterocycles. The molecule has 0 amide bonds. The highest BCUT2D eigenvalue weighted by Gasteiger charge is 2.48. The fourth-order valence-corrected chi connectivity index (χ4v) is 6.18. The summed E-state index contributed by atoms with van der Waals surface area (Å²) in [6.07, 6.45) is 6.80. The second kappa shape index (κ2) is 9.37. The molecule has 2 atom stereocenters. The molecule has 2 aromatic heterocycles. The smallest absolute Gasteiger partial charge is 0.341 e. The van der Waals surface area contributed by atoms with Gasteiger partial charge >= 0.3 is 5.97 Å². The lowest BCUT2D eigenvalue weighted by molar-refractivity contribution is 0.0692. The van der Waals surface area contributed by atoms with Crippen molar-refractivity contribution < 1.29 is 14.6 Å². The van der Waals surface area contributed by atoms with Crippen LogP contribution in [0.15, 0.2) is 35.3 Å². The molecule has 2 unspecified atom stereocenters. The summed E-state index contributed by atoms with van der Waals surface area (Å²) in [5, 5.41) is 15.5. The van der Waals surface area contributed by atoms with E-state index in [1.807, 2.05) is 33.7 Å². The molecule has 1 aromatic carbocycles. The Labute approximate surface area is 210 Å². The second-order valence-electron chi connectivity index (χ2n) is 10.5. The third-order valence-electron chi connectivity index (χ3n) is 7.32. The second-order valence-corrected chi connectivity index (χ2v) is 11.6. The van der Waals surface area contributed by atoms with Crippen molar-refractivity contribution in [3.05, 3.63) is 46.2 Å². The number of fused-ring (bicyclic) bond motifs is 5. The van der Waals surface area contributed by atoms with Gasteiger partial charge in [-0.25, -0.2) is 4.79 Å². The summed E-state index contributed by atoms with van der Waals surface area (Å²) < 4.78 is 10.1. The number of ether oxygens (including phenoxy) is 1. The van der Waals surface area contributed by atoms with Crippen LogP contribution >= 0.6 is 11.8 Å². The van der Waals surface area contributed by atoms with Gasteiger partial charge in [0.05, 0.1) is 24.5 Å². The number of carbonyl (C=O) groups is 1. The lowest BCUT2D eigenvalue weighted by atomic mass is 9.83. The highest BCUT2D eigenvalue weighted by atomic mass is 32.2. The Kier molecular flexibility index (Phi) is 6.79. The number of nitrogens with zero attached hydrogens (tertiary/aromatic N) is 3. The van der Waals surface area contributed by atoms with Gasteiger partial charge in [0.25, 0.3) is 0 Å². The summed E-state index contributed by atoms with van der Waals surface area (Å²) in [5.41, 5.74) is 1.25. The van der Waals surface area contributed by atoms with Gasteiger partial charge in [-0.3, -0.25) is 9.48 Å².